The van der Waals surface area contributed by atoms with Crippen molar-refractivity contribution in [3.8, 4) is 0 Å². The van der Waals surface area contributed by atoms with Crippen LogP contribution in [0, 0.1) is 91.2 Å². The van der Waals surface area contributed by atoms with E-state index < -0.39 is 182 Å². The zero-order valence-electron chi connectivity index (χ0n) is 78.6. The van der Waals surface area contributed by atoms with Crippen molar-refractivity contribution < 1.29 is 252 Å². The van der Waals surface area contributed by atoms with Gasteiger partial charge in [0.1, 0.15) is 0 Å². The van der Waals surface area contributed by atoms with Gasteiger partial charge in [-0.05, 0) is 298 Å². The molecule has 0 aromatic heterocycles. The number of carbonyl (C=O) groups excluding carboxylic acids is 6. The van der Waals surface area contributed by atoms with E-state index in [1.54, 1.807) is 0 Å². The fraction of sp³-hybridized carbons (Fsp3) is 0.930. The summed E-state index contributed by atoms with van der Waals surface area (Å²) >= 11 is -2.82. The molecule has 9 N–H and O–H groups in total. The van der Waals surface area contributed by atoms with Crippen LogP contribution < -0.4 is 31.5 Å². The van der Waals surface area contributed by atoms with Gasteiger partial charge in [-0.1, -0.05) is 0 Å². The maximum absolute atomic E-state index is 14.1. The first kappa shape index (κ1) is 119. The van der Waals surface area contributed by atoms with Gasteiger partial charge >= 0.3 is 64.1 Å². The normalized spacial score (nSPS) is 41.1. The number of carbonyl (C=O) groups is 6. The highest BCUT2D eigenvalue weighted by atomic mass is 32.2. The molecule has 0 aliphatic heterocycles. The zero-order valence-corrected chi connectivity index (χ0v) is 83.5. The van der Waals surface area contributed by atoms with Crippen molar-refractivity contribution in [1.29, 1.82) is 0 Å². The van der Waals surface area contributed by atoms with Gasteiger partial charge in [0.25, 0.3) is 20.0 Å². The Morgan fingerprint density at radius 3 is 0.683 bits per heavy atom. The van der Waals surface area contributed by atoms with Crippen LogP contribution in [0.5, 0.6) is 0 Å². The average molecular weight is 2230 g/mol. The zero-order chi connectivity index (χ0) is 107. The molecule has 0 saturated heterocycles. The van der Waals surface area contributed by atoms with E-state index in [-0.39, 0.29) is 166 Å². The Balaban J connectivity index is 0.000000146. The minimum absolute atomic E-state index is 0.00839. The molecule has 0 aromatic carbocycles. The molecule has 24 aliphatic carbocycles. The van der Waals surface area contributed by atoms with E-state index in [2.05, 4.69) is 65.7 Å². The Morgan fingerprint density at radius 1 is 0.248 bits per heavy atom. The summed E-state index contributed by atoms with van der Waals surface area (Å²) in [5, 5.41) is 156. The minimum Gasteiger partial charge on any atom is -0.691 e. The molecule has 59 heteroatoms. The molecular formula is C86H116F14O39S6-6. The molecule has 17 atom stereocenters. The number of aliphatic hydroxyl groups excluding tert-OH is 1. The second-order valence-corrected chi connectivity index (χ2v) is 52.6. The van der Waals surface area contributed by atoms with E-state index in [1.165, 1.54) is 6.42 Å². The standard InChI is InChI=1S/C15H18F6O7S.C15H23FO6S.C14H18F4O7S.C14H21FO7S.2C14H21FO6S/c16-14(17,18)13(15(19,20)21,29-28-27-25)9(22)26-7-10-1-8-2-11(23,4-10)6-12(24,3-8)5-10;1-13(16,23-22-21-19)12(18)20-9-15-5-10-2-11(6-15)4-14(3-10,7-15)8-17;15-13(14(16,17)18,26-25-24-22)9(19)23-7-10-1-8-2-11(20,4-10)6-12(21,3-8)5-10;1-11(15,23-22-21-19)10(16)20-8-12-2-9-3-13(17,5-12)7-14(18,4-9)6-12;2*1-12(15,22-21-20-18)11(16)19-8-13-3-9-2-10(4-13)6-14(17,5-9)7-13/h8,23-25H,1-7H2;10-11,17,19H,2-9H2,1H3;8,20-22H,1-7H2;9,17-19H,2-8H2,1H3;2*9-10,17-18H,2-8H2,1H3/p-6. The lowest BCUT2D eigenvalue weighted by Crippen LogP contribution is -2.65. The fourth-order valence-corrected chi connectivity index (χ4v) is 33.5. The molecule has 0 aromatic rings. The van der Waals surface area contributed by atoms with E-state index >= 15 is 0 Å². The summed E-state index contributed by atoms with van der Waals surface area (Å²) in [6, 6.07) is 0. The third-order valence-corrected chi connectivity index (χ3v) is 36.9. The van der Waals surface area contributed by atoms with Gasteiger partial charge < -0.3 is 106 Å². The number of halogens is 14. The lowest BCUT2D eigenvalue weighted by atomic mass is 9.44. The minimum atomic E-state index is -6.23. The Morgan fingerprint density at radius 2 is 0.448 bits per heavy atom. The smallest absolute Gasteiger partial charge is 0.446 e. The van der Waals surface area contributed by atoms with Crippen LogP contribution in [-0.2, 0) is 113 Å². The molecule has 17 unspecified atom stereocenters. The number of hydrogen-bond donors (Lipinski definition) is 9. The maximum atomic E-state index is 14.1. The molecular weight excluding hydrogens is 2120 g/mol. The number of rotatable bonds is 37. The van der Waals surface area contributed by atoms with Gasteiger partial charge in [0, 0.05) is 58.4 Å². The lowest BCUT2D eigenvalue weighted by Gasteiger charge is -2.63. The van der Waals surface area contributed by atoms with Crippen LogP contribution in [-0.4, -0.2) is 221 Å². The maximum Gasteiger partial charge on any atom is 0.446 e. The van der Waals surface area contributed by atoms with Gasteiger partial charge in [0.2, 0.25) is 0 Å². The number of ether oxygens (including phenoxy) is 6. The topological polar surface area (TPSA) is 589 Å². The second-order valence-electron chi connectivity index (χ2n) is 46.6. The molecule has 24 rings (SSSR count). The highest BCUT2D eigenvalue weighted by Crippen LogP contribution is 2.71. The highest BCUT2D eigenvalue weighted by molar-refractivity contribution is 7.97. The molecule has 24 aliphatic rings. The first-order valence-electron chi connectivity index (χ1n) is 46.8. The van der Waals surface area contributed by atoms with Crippen LogP contribution in [0.1, 0.15) is 259 Å². The molecule has 24 bridgehead atoms. The van der Waals surface area contributed by atoms with Gasteiger partial charge in [-0.3, -0.25) is 30.2 Å². The average Bonchev–Trinajstić information content (AvgIpc) is 0.716. The Labute approximate surface area is 845 Å². The van der Waals surface area contributed by atoms with Crippen LogP contribution in [0.4, 0.5) is 61.5 Å². The first-order valence-corrected chi connectivity index (χ1v) is 51.3. The van der Waals surface area contributed by atoms with Crippen molar-refractivity contribution in [3.05, 3.63) is 0 Å². The monoisotopic (exact) mass is 2230 g/mol. The predicted octanol–water partition coefficient (Wildman–Crippen LogP) is 7.82. The van der Waals surface area contributed by atoms with Crippen LogP contribution >= 0.6 is 72.3 Å². The predicted molar refractivity (Wildman–Crippen MR) is 448 cm³/mol. The molecule has 24 fully saturated rings. The Bertz CT molecular complexity index is 4360. The summed E-state index contributed by atoms with van der Waals surface area (Å²) in [5.41, 5.74) is -11.5. The lowest BCUT2D eigenvalue weighted by molar-refractivity contribution is -0.777. The van der Waals surface area contributed by atoms with Crippen LogP contribution in [0.3, 0.4) is 0 Å². The van der Waals surface area contributed by atoms with E-state index in [1.807, 2.05) is 0 Å². The largest absolute Gasteiger partial charge is 0.691 e. The third-order valence-electron chi connectivity index (χ3n) is 32.8. The van der Waals surface area contributed by atoms with Gasteiger partial charge in [-0.15, -0.1) is 0 Å². The second kappa shape index (κ2) is 43.1. The summed E-state index contributed by atoms with van der Waals surface area (Å²) < 4.78 is 235. The van der Waals surface area contributed by atoms with Crippen LogP contribution in [0.2, 0.25) is 0 Å². The Hall–Kier alpha value is -3.14. The van der Waals surface area contributed by atoms with Gasteiger partial charge in [-0.2, -0.15) is 65.5 Å². The molecule has 834 valence electrons. The summed E-state index contributed by atoms with van der Waals surface area (Å²) in [6.07, 6.45) is 4.32. The van der Waals surface area contributed by atoms with Gasteiger partial charge in [0.15, 0.2) is 0 Å². The van der Waals surface area contributed by atoms with Crippen molar-refractivity contribution in [2.24, 2.45) is 91.2 Å². The van der Waals surface area contributed by atoms with Crippen LogP contribution in [0.25, 0.3) is 0 Å². The molecule has 39 nitrogen and oxygen atoms in total. The summed E-state index contributed by atoms with van der Waals surface area (Å²) in [7, 11) is 0. The Kier molecular flexibility index (Phi) is 35.3. The van der Waals surface area contributed by atoms with Crippen molar-refractivity contribution in [1.82, 2.24) is 0 Å². The van der Waals surface area contributed by atoms with E-state index in [0.717, 1.165) is 130 Å². The van der Waals surface area contributed by atoms with Crippen molar-refractivity contribution in [2.45, 2.75) is 352 Å². The summed E-state index contributed by atoms with van der Waals surface area (Å²) in [6.45, 7) is 2.75. The molecule has 0 amide bonds. The van der Waals surface area contributed by atoms with Crippen molar-refractivity contribution in [2.75, 3.05) is 46.2 Å². The van der Waals surface area contributed by atoms with Gasteiger partial charge in [-0.25, -0.2) is 50.7 Å². The number of aliphatic hydroxyl groups is 9. The number of hydrogen-bond acceptors (Lipinski definition) is 45. The molecule has 0 radical (unpaired) electrons. The SMILES string of the molecule is CC(F)(SOO[O-])C(=O)OCC12CC3CC(CC(CO)(C3)C1)C2.CC(F)(SOO[O-])C(=O)OCC12CC3CC(CC(O)(C3)C1)C2.CC(F)(SOO[O-])C(=O)OCC12CC3CC(CC(O)(C3)C1)C2.CC(F)(SOO[O-])C(=O)OCC12CC3CC(O)(CC(O)(C3)C1)C2.O=C(OCC12CC3CC(O)(CC(O)(C3)C1)C2)C(F)(SOO[O-])C(F)(F)F.O=C(OCC12CC3CC(O)(CC(O)(C3)C1)C2)C(SOO[O-])(C(F)(F)F)C(F)(F)F. The van der Waals surface area contributed by atoms with Gasteiger partial charge in [0.05, 0.1) is 157 Å². The molecule has 24 saturated carbocycles. The number of alkyl halides is 14. The molecule has 145 heavy (non-hydrogen) atoms. The first-order chi connectivity index (χ1) is 66.9. The highest BCUT2D eigenvalue weighted by Gasteiger charge is 2.80. The summed E-state index contributed by atoms with van der Waals surface area (Å²) in [4.78, 5) is 71.2. The van der Waals surface area contributed by atoms with Crippen molar-refractivity contribution in [3.63, 3.8) is 0 Å². The summed E-state index contributed by atoms with van der Waals surface area (Å²) in [5.74, 6) is -6.55. The quantitative estimate of drug-likeness (QED) is 0.00714. The van der Waals surface area contributed by atoms with E-state index in [0.29, 0.717) is 113 Å². The van der Waals surface area contributed by atoms with Crippen molar-refractivity contribution >= 4 is 108 Å². The third kappa shape index (κ3) is 26.9. The molecule has 0 heterocycles. The molecule has 0 spiro atoms. The van der Waals surface area contributed by atoms with E-state index in [9.17, 15) is 168 Å². The fourth-order valence-electron chi connectivity index (χ4n) is 31.5. The van der Waals surface area contributed by atoms with Crippen LogP contribution in [0.15, 0.2) is 0 Å². The van der Waals surface area contributed by atoms with E-state index in [4.69, 9.17) is 18.9 Å². The number of esters is 6.